The molecule has 1 amide bonds. The summed E-state index contributed by atoms with van der Waals surface area (Å²) in [6.45, 7) is 5.93. The van der Waals surface area contributed by atoms with E-state index in [1.54, 1.807) is 0 Å². The Kier molecular flexibility index (Phi) is 16.2. The summed E-state index contributed by atoms with van der Waals surface area (Å²) in [4.78, 5) is 12.8. The van der Waals surface area contributed by atoms with Crippen molar-refractivity contribution in [1.82, 2.24) is 4.90 Å². The maximum atomic E-state index is 11.0. The second kappa shape index (κ2) is 17.0. The van der Waals surface area contributed by atoms with Crippen LogP contribution in [0.1, 0.15) is 78.1 Å². The fraction of sp³-hybridized carbons (Fsp3) is 0.737. The molecule has 0 saturated carbocycles. The monoisotopic (exact) mass is 293 g/mol. The lowest BCUT2D eigenvalue weighted by Gasteiger charge is -2.11. The van der Waals surface area contributed by atoms with Gasteiger partial charge in [0, 0.05) is 13.1 Å². The number of unbranched alkanes of at least 4 members (excludes halogenated alkanes) is 8. The Balaban J connectivity index is 3.58. The van der Waals surface area contributed by atoms with Crippen LogP contribution in [0.5, 0.6) is 0 Å². The number of allylic oxidation sites excluding steroid dienone is 2. The molecule has 0 aliphatic rings. The van der Waals surface area contributed by atoms with Gasteiger partial charge in [-0.05, 0) is 25.7 Å². The van der Waals surface area contributed by atoms with Gasteiger partial charge in [-0.2, -0.15) is 0 Å². The van der Waals surface area contributed by atoms with Crippen LogP contribution in [0.25, 0.3) is 0 Å². The highest BCUT2D eigenvalue weighted by atomic mass is 16.1. The summed E-state index contributed by atoms with van der Waals surface area (Å²) in [5.74, 6) is 0. The number of carbonyl (C=O) groups is 1. The molecule has 21 heavy (non-hydrogen) atoms. The first-order valence-electron chi connectivity index (χ1n) is 8.84. The van der Waals surface area contributed by atoms with Gasteiger partial charge in [-0.25, -0.2) is 0 Å². The Hall–Kier alpha value is -1.05. The first kappa shape index (κ1) is 19.9. The Labute approximate surface area is 132 Å². The third kappa shape index (κ3) is 15.2. The largest absolute Gasteiger partial charge is 0.338 e. The predicted molar refractivity (Wildman–Crippen MR) is 93.4 cm³/mol. The topological polar surface area (TPSA) is 20.3 Å². The van der Waals surface area contributed by atoms with E-state index in [-0.39, 0.29) is 0 Å². The molecule has 0 aromatic carbocycles. The number of rotatable bonds is 15. The van der Waals surface area contributed by atoms with Crippen molar-refractivity contribution in [3.05, 3.63) is 24.3 Å². The van der Waals surface area contributed by atoms with Crippen LogP contribution in [0.4, 0.5) is 0 Å². The summed E-state index contributed by atoms with van der Waals surface area (Å²) in [7, 11) is 0. The van der Waals surface area contributed by atoms with Crippen molar-refractivity contribution in [3.8, 4) is 0 Å². The Bertz CT molecular complexity index is 247. The molecule has 0 aliphatic carbocycles. The predicted octanol–water partition coefficient (Wildman–Crippen LogP) is 5.50. The fourth-order valence-electron chi connectivity index (χ4n) is 2.19. The summed E-state index contributed by atoms with van der Waals surface area (Å²) < 4.78 is 0. The van der Waals surface area contributed by atoms with Crippen molar-refractivity contribution in [2.75, 3.05) is 13.1 Å². The van der Waals surface area contributed by atoms with Crippen LogP contribution in [0, 0.1) is 0 Å². The van der Waals surface area contributed by atoms with E-state index in [0.29, 0.717) is 0 Å². The molecule has 0 atom stereocenters. The molecule has 0 aliphatic heterocycles. The van der Waals surface area contributed by atoms with Gasteiger partial charge < -0.3 is 4.90 Å². The summed E-state index contributed by atoms with van der Waals surface area (Å²) in [5, 5.41) is 0. The van der Waals surface area contributed by atoms with Crippen LogP contribution in [0.3, 0.4) is 0 Å². The van der Waals surface area contributed by atoms with E-state index in [1.807, 2.05) is 4.90 Å². The number of hydrogen-bond acceptors (Lipinski definition) is 1. The standard InChI is InChI=1S/C19H35NO/c1-3-5-7-9-11-13-15-17-20(19-21)18-16-14-12-10-8-6-4-2/h13-16,19H,3-12,17-18H2,1-2H3. The van der Waals surface area contributed by atoms with E-state index in [4.69, 9.17) is 0 Å². The average Bonchev–Trinajstić information content (AvgIpc) is 2.51. The lowest BCUT2D eigenvalue weighted by Crippen LogP contribution is -2.21. The van der Waals surface area contributed by atoms with Crippen molar-refractivity contribution < 1.29 is 4.79 Å². The highest BCUT2D eigenvalue weighted by Gasteiger charge is 1.94. The SMILES string of the molecule is CCCCCCC=CCN(C=O)CC=CCCCCCC. The molecule has 0 bridgehead atoms. The van der Waals surface area contributed by atoms with Gasteiger partial charge in [0.15, 0.2) is 0 Å². The normalized spacial score (nSPS) is 11.5. The summed E-state index contributed by atoms with van der Waals surface area (Å²) in [6, 6.07) is 0. The van der Waals surface area contributed by atoms with Gasteiger partial charge in [0.2, 0.25) is 6.41 Å². The smallest absolute Gasteiger partial charge is 0.210 e. The van der Waals surface area contributed by atoms with Crippen LogP contribution in [0.2, 0.25) is 0 Å². The molecule has 0 spiro atoms. The van der Waals surface area contributed by atoms with Gasteiger partial charge in [-0.1, -0.05) is 76.7 Å². The number of carbonyl (C=O) groups excluding carboxylic acids is 1. The van der Waals surface area contributed by atoms with Gasteiger partial charge in [-0.3, -0.25) is 4.79 Å². The summed E-state index contributed by atoms with van der Waals surface area (Å²) in [5.41, 5.74) is 0. The zero-order chi connectivity index (χ0) is 15.6. The Morgan fingerprint density at radius 3 is 1.52 bits per heavy atom. The third-order valence-corrected chi connectivity index (χ3v) is 3.61. The van der Waals surface area contributed by atoms with Crippen molar-refractivity contribution in [2.24, 2.45) is 0 Å². The molecule has 0 rings (SSSR count). The van der Waals surface area contributed by atoms with E-state index in [1.165, 1.54) is 51.4 Å². The van der Waals surface area contributed by atoms with Gasteiger partial charge in [0.25, 0.3) is 0 Å². The minimum Gasteiger partial charge on any atom is -0.338 e. The first-order valence-corrected chi connectivity index (χ1v) is 8.84. The van der Waals surface area contributed by atoms with Gasteiger partial charge in [0.1, 0.15) is 0 Å². The average molecular weight is 293 g/mol. The zero-order valence-corrected chi connectivity index (χ0v) is 14.2. The fourth-order valence-corrected chi connectivity index (χ4v) is 2.19. The molecule has 0 saturated heterocycles. The molecular weight excluding hydrogens is 258 g/mol. The molecule has 2 heteroatoms. The molecule has 122 valence electrons. The number of hydrogen-bond donors (Lipinski definition) is 0. The maximum Gasteiger partial charge on any atom is 0.210 e. The minimum absolute atomic E-state index is 0.734. The summed E-state index contributed by atoms with van der Waals surface area (Å²) >= 11 is 0. The van der Waals surface area contributed by atoms with Crippen molar-refractivity contribution >= 4 is 6.41 Å². The van der Waals surface area contributed by atoms with E-state index >= 15 is 0 Å². The maximum absolute atomic E-state index is 11.0. The van der Waals surface area contributed by atoms with Crippen LogP contribution < -0.4 is 0 Å². The van der Waals surface area contributed by atoms with Gasteiger partial charge in [-0.15, -0.1) is 0 Å². The molecule has 0 radical (unpaired) electrons. The number of amides is 1. The van der Waals surface area contributed by atoms with E-state index in [2.05, 4.69) is 38.2 Å². The van der Waals surface area contributed by atoms with Crippen molar-refractivity contribution in [3.63, 3.8) is 0 Å². The van der Waals surface area contributed by atoms with E-state index in [9.17, 15) is 4.79 Å². The molecule has 2 nitrogen and oxygen atoms in total. The second-order valence-corrected chi connectivity index (χ2v) is 5.70. The van der Waals surface area contributed by atoms with Crippen LogP contribution in [0.15, 0.2) is 24.3 Å². The van der Waals surface area contributed by atoms with Crippen LogP contribution in [-0.4, -0.2) is 24.4 Å². The lowest BCUT2D eigenvalue weighted by atomic mass is 10.1. The number of nitrogens with zero attached hydrogens (tertiary/aromatic N) is 1. The Morgan fingerprint density at radius 1 is 0.667 bits per heavy atom. The molecule has 0 unspecified atom stereocenters. The quantitative estimate of drug-likeness (QED) is 0.222. The highest BCUT2D eigenvalue weighted by molar-refractivity contribution is 5.47. The molecule has 0 heterocycles. The van der Waals surface area contributed by atoms with Crippen LogP contribution >= 0.6 is 0 Å². The third-order valence-electron chi connectivity index (χ3n) is 3.61. The first-order chi connectivity index (χ1) is 10.3. The molecule has 0 N–H and O–H groups in total. The zero-order valence-electron chi connectivity index (χ0n) is 14.2. The van der Waals surface area contributed by atoms with Gasteiger partial charge in [0.05, 0.1) is 0 Å². The molecular formula is C19H35NO. The van der Waals surface area contributed by atoms with Crippen molar-refractivity contribution in [1.29, 1.82) is 0 Å². The molecule has 0 aromatic heterocycles. The molecule has 0 fully saturated rings. The highest BCUT2D eigenvalue weighted by Crippen LogP contribution is 2.04. The lowest BCUT2D eigenvalue weighted by molar-refractivity contribution is -0.117. The van der Waals surface area contributed by atoms with Gasteiger partial charge >= 0.3 is 0 Å². The molecule has 0 aromatic rings. The second-order valence-electron chi connectivity index (χ2n) is 5.70. The summed E-state index contributed by atoms with van der Waals surface area (Å²) in [6.07, 6.45) is 22.3. The van der Waals surface area contributed by atoms with Crippen molar-refractivity contribution in [2.45, 2.75) is 78.1 Å². The Morgan fingerprint density at radius 2 is 1.14 bits per heavy atom. The van der Waals surface area contributed by atoms with E-state index < -0.39 is 0 Å². The van der Waals surface area contributed by atoms with E-state index in [0.717, 1.165) is 32.3 Å². The minimum atomic E-state index is 0.734. The van der Waals surface area contributed by atoms with Crippen LogP contribution in [-0.2, 0) is 4.79 Å².